The molecular weight excluding hydrogens is 264 g/mol. The van der Waals surface area contributed by atoms with Gasteiger partial charge in [-0.15, -0.1) is 0 Å². The Morgan fingerprint density at radius 1 is 1.60 bits per heavy atom. The summed E-state index contributed by atoms with van der Waals surface area (Å²) in [5, 5.41) is 3.95. The number of morpholine rings is 1. The quantitative estimate of drug-likeness (QED) is 0.744. The molecule has 0 aromatic carbocycles. The van der Waals surface area contributed by atoms with E-state index in [4.69, 9.17) is 10.5 Å². The molecule has 1 aromatic rings. The Kier molecular flexibility index (Phi) is 4.23. The van der Waals surface area contributed by atoms with Gasteiger partial charge in [0.05, 0.1) is 38.1 Å². The van der Waals surface area contributed by atoms with Gasteiger partial charge in [-0.3, -0.25) is 14.3 Å². The molecule has 2 N–H and O–H groups in total. The van der Waals surface area contributed by atoms with Crippen LogP contribution in [0.15, 0.2) is 6.20 Å². The van der Waals surface area contributed by atoms with Gasteiger partial charge in [0.2, 0.25) is 0 Å². The largest absolute Gasteiger partial charge is 0.469 e. The molecule has 8 nitrogen and oxygen atoms in total. The number of carbonyl (C=O) groups is 2. The minimum Gasteiger partial charge on any atom is -0.469 e. The number of rotatable bonds is 3. The van der Waals surface area contributed by atoms with Crippen LogP contribution in [-0.2, 0) is 21.3 Å². The number of nitrogens with two attached hydrogens (primary N) is 1. The highest BCUT2D eigenvalue weighted by atomic mass is 16.5. The highest BCUT2D eigenvalue weighted by molar-refractivity contribution is 5.97. The van der Waals surface area contributed by atoms with Crippen LogP contribution in [0, 0.1) is 0 Å². The Morgan fingerprint density at radius 2 is 2.35 bits per heavy atom. The van der Waals surface area contributed by atoms with Crippen LogP contribution in [-0.4, -0.2) is 59.5 Å². The van der Waals surface area contributed by atoms with E-state index in [1.165, 1.54) is 18.0 Å². The first kappa shape index (κ1) is 14.3. The zero-order valence-electron chi connectivity index (χ0n) is 11.5. The SMILES string of the molecule is COC(=O)CC1CN(C(=O)c2c(N)cnn2C)CCO1. The van der Waals surface area contributed by atoms with Crippen LogP contribution >= 0.6 is 0 Å². The normalized spacial score (nSPS) is 18.9. The minimum absolute atomic E-state index is 0.126. The highest BCUT2D eigenvalue weighted by Gasteiger charge is 2.29. The van der Waals surface area contributed by atoms with Crippen LogP contribution < -0.4 is 5.73 Å². The Labute approximate surface area is 116 Å². The van der Waals surface area contributed by atoms with Crippen molar-refractivity contribution in [1.29, 1.82) is 0 Å². The van der Waals surface area contributed by atoms with Gasteiger partial charge < -0.3 is 20.1 Å². The van der Waals surface area contributed by atoms with Crippen molar-refractivity contribution >= 4 is 17.6 Å². The van der Waals surface area contributed by atoms with Crippen LogP contribution in [0.4, 0.5) is 5.69 Å². The zero-order chi connectivity index (χ0) is 14.7. The zero-order valence-corrected chi connectivity index (χ0v) is 11.5. The molecule has 20 heavy (non-hydrogen) atoms. The van der Waals surface area contributed by atoms with Crippen LogP contribution in [0.3, 0.4) is 0 Å². The molecule has 1 aliphatic heterocycles. The van der Waals surface area contributed by atoms with Gasteiger partial charge in [0.25, 0.3) is 5.91 Å². The third-order valence-electron chi connectivity index (χ3n) is 3.22. The third kappa shape index (κ3) is 2.90. The van der Waals surface area contributed by atoms with E-state index in [1.54, 1.807) is 11.9 Å². The van der Waals surface area contributed by atoms with Crippen LogP contribution in [0.1, 0.15) is 16.9 Å². The minimum atomic E-state index is -0.357. The van der Waals surface area contributed by atoms with Crippen molar-refractivity contribution in [3.05, 3.63) is 11.9 Å². The average Bonchev–Trinajstić information content (AvgIpc) is 2.77. The second-order valence-electron chi connectivity index (χ2n) is 4.60. The van der Waals surface area contributed by atoms with Gasteiger partial charge in [0.1, 0.15) is 5.69 Å². The summed E-state index contributed by atoms with van der Waals surface area (Å²) in [5.74, 6) is -0.565. The number of esters is 1. The molecule has 2 heterocycles. The maximum absolute atomic E-state index is 12.4. The van der Waals surface area contributed by atoms with E-state index in [9.17, 15) is 9.59 Å². The molecule has 1 aliphatic rings. The first-order valence-electron chi connectivity index (χ1n) is 6.28. The van der Waals surface area contributed by atoms with Gasteiger partial charge in [0, 0.05) is 20.1 Å². The third-order valence-corrected chi connectivity index (χ3v) is 3.22. The summed E-state index contributed by atoms with van der Waals surface area (Å²) >= 11 is 0. The molecule has 0 spiro atoms. The number of nitrogens with zero attached hydrogens (tertiary/aromatic N) is 3. The molecule has 1 aromatic heterocycles. The van der Waals surface area contributed by atoms with E-state index in [2.05, 4.69) is 9.84 Å². The van der Waals surface area contributed by atoms with E-state index in [-0.39, 0.29) is 24.4 Å². The average molecular weight is 282 g/mol. The van der Waals surface area contributed by atoms with E-state index >= 15 is 0 Å². The lowest BCUT2D eigenvalue weighted by Gasteiger charge is -2.32. The van der Waals surface area contributed by atoms with Crippen molar-refractivity contribution in [2.45, 2.75) is 12.5 Å². The number of amides is 1. The van der Waals surface area contributed by atoms with Gasteiger partial charge >= 0.3 is 5.97 Å². The maximum Gasteiger partial charge on any atom is 0.308 e. The topological polar surface area (TPSA) is 99.7 Å². The maximum atomic E-state index is 12.4. The number of methoxy groups -OCH3 is 1. The summed E-state index contributed by atoms with van der Waals surface area (Å²) in [6.45, 7) is 1.17. The van der Waals surface area contributed by atoms with Gasteiger partial charge in [-0.1, -0.05) is 0 Å². The number of carbonyl (C=O) groups excluding carboxylic acids is 2. The Bertz CT molecular complexity index is 494. The molecule has 110 valence electrons. The van der Waals surface area contributed by atoms with Crippen molar-refractivity contribution in [2.24, 2.45) is 7.05 Å². The van der Waals surface area contributed by atoms with E-state index in [1.807, 2.05) is 0 Å². The number of anilines is 1. The number of nitrogen functional groups attached to an aromatic ring is 1. The molecule has 1 atom stereocenters. The smallest absolute Gasteiger partial charge is 0.308 e. The second-order valence-corrected chi connectivity index (χ2v) is 4.60. The molecule has 0 bridgehead atoms. The van der Waals surface area contributed by atoms with Crippen LogP contribution in [0.5, 0.6) is 0 Å². The fourth-order valence-corrected chi connectivity index (χ4v) is 2.16. The molecule has 1 unspecified atom stereocenters. The van der Waals surface area contributed by atoms with E-state index < -0.39 is 0 Å². The molecular formula is C12H18N4O4. The van der Waals surface area contributed by atoms with Crippen molar-refractivity contribution < 1.29 is 19.1 Å². The summed E-state index contributed by atoms with van der Waals surface area (Å²) in [5.41, 5.74) is 6.44. The fourth-order valence-electron chi connectivity index (χ4n) is 2.16. The van der Waals surface area contributed by atoms with E-state index in [0.29, 0.717) is 31.1 Å². The second kappa shape index (κ2) is 5.91. The lowest BCUT2D eigenvalue weighted by Crippen LogP contribution is -2.47. The Balaban J connectivity index is 2.05. The summed E-state index contributed by atoms with van der Waals surface area (Å²) in [6, 6.07) is 0. The molecule has 1 saturated heterocycles. The van der Waals surface area contributed by atoms with Crippen molar-refractivity contribution in [2.75, 3.05) is 32.5 Å². The number of aryl methyl sites for hydroxylation is 1. The monoisotopic (exact) mass is 282 g/mol. The standard InChI is InChI=1S/C12H18N4O4/c1-15-11(9(13)6-14-15)12(18)16-3-4-20-8(7-16)5-10(17)19-2/h6,8H,3-5,7,13H2,1-2H3. The van der Waals surface area contributed by atoms with Gasteiger partial charge in [-0.2, -0.15) is 5.10 Å². The van der Waals surface area contributed by atoms with Crippen molar-refractivity contribution in [3.63, 3.8) is 0 Å². The molecule has 0 saturated carbocycles. The summed E-state index contributed by atoms with van der Waals surface area (Å²) in [4.78, 5) is 25.3. The number of hydrogen-bond donors (Lipinski definition) is 1. The van der Waals surface area contributed by atoms with Crippen LogP contribution in [0.25, 0.3) is 0 Å². The predicted molar refractivity (Wildman–Crippen MR) is 69.9 cm³/mol. The lowest BCUT2D eigenvalue weighted by atomic mass is 10.2. The van der Waals surface area contributed by atoms with Gasteiger partial charge in [0.15, 0.2) is 0 Å². The van der Waals surface area contributed by atoms with Crippen LogP contribution in [0.2, 0.25) is 0 Å². The van der Waals surface area contributed by atoms with Gasteiger partial charge in [-0.25, -0.2) is 0 Å². The number of hydrogen-bond acceptors (Lipinski definition) is 6. The summed E-state index contributed by atoms with van der Waals surface area (Å²) in [6.07, 6.45) is 1.22. The molecule has 1 amide bonds. The molecule has 0 aliphatic carbocycles. The molecule has 0 radical (unpaired) electrons. The molecule has 8 heteroatoms. The Morgan fingerprint density at radius 3 is 2.95 bits per heavy atom. The lowest BCUT2D eigenvalue weighted by molar-refractivity contribution is -0.145. The number of ether oxygens (including phenoxy) is 2. The highest BCUT2D eigenvalue weighted by Crippen LogP contribution is 2.16. The molecule has 2 rings (SSSR count). The molecule has 1 fully saturated rings. The van der Waals surface area contributed by atoms with Crippen molar-refractivity contribution in [1.82, 2.24) is 14.7 Å². The van der Waals surface area contributed by atoms with Crippen molar-refractivity contribution in [3.8, 4) is 0 Å². The Hall–Kier alpha value is -2.09. The van der Waals surface area contributed by atoms with Gasteiger partial charge in [-0.05, 0) is 0 Å². The first-order chi connectivity index (χ1) is 9.52. The summed E-state index contributed by atoms with van der Waals surface area (Å²) in [7, 11) is 2.99. The fraction of sp³-hybridized carbons (Fsp3) is 0.583. The first-order valence-corrected chi connectivity index (χ1v) is 6.28. The summed E-state index contributed by atoms with van der Waals surface area (Å²) < 4.78 is 11.5. The predicted octanol–water partition coefficient (Wildman–Crippen LogP) is -0.594. The number of aromatic nitrogens is 2. The van der Waals surface area contributed by atoms with E-state index in [0.717, 1.165) is 0 Å².